The van der Waals surface area contributed by atoms with Gasteiger partial charge in [0.1, 0.15) is 34.9 Å². The zero-order chi connectivity index (χ0) is 23.9. The first-order valence-electron chi connectivity index (χ1n) is 9.49. The van der Waals surface area contributed by atoms with Gasteiger partial charge in [0.2, 0.25) is 0 Å². The highest BCUT2D eigenvalue weighted by Crippen LogP contribution is 2.46. The molecule has 1 atom stereocenters. The van der Waals surface area contributed by atoms with Crippen LogP contribution < -0.4 is 14.4 Å². The predicted molar refractivity (Wildman–Crippen MR) is 120 cm³/mol. The molecule has 4 rings (SSSR count). The van der Waals surface area contributed by atoms with Gasteiger partial charge in [-0.25, -0.2) is 8.78 Å². The molecular weight excluding hydrogens is 476 g/mol. The number of amides is 1. The molecule has 1 N–H and O–H groups in total. The van der Waals surface area contributed by atoms with E-state index in [0.717, 1.165) is 17.0 Å². The zero-order valence-electron chi connectivity index (χ0n) is 17.3. The number of carbonyl (C=O) groups is 2. The van der Waals surface area contributed by atoms with E-state index in [-0.39, 0.29) is 33.3 Å². The highest BCUT2D eigenvalue weighted by Gasteiger charge is 2.48. The van der Waals surface area contributed by atoms with Crippen LogP contribution in [-0.2, 0) is 9.59 Å². The van der Waals surface area contributed by atoms with E-state index < -0.39 is 35.1 Å². The lowest BCUT2D eigenvalue weighted by Gasteiger charge is -2.24. The SMILES string of the molecule is COc1cc(OC)c(/C(O)=C2/C(=O)C(=O)N(c3ccc(F)cc3F)C2c2cccs2)cc1Cl. The van der Waals surface area contributed by atoms with Crippen molar-refractivity contribution >= 4 is 46.1 Å². The maximum Gasteiger partial charge on any atom is 0.300 e. The van der Waals surface area contributed by atoms with Crippen molar-refractivity contribution in [3.05, 3.63) is 80.5 Å². The van der Waals surface area contributed by atoms with Gasteiger partial charge in [-0.15, -0.1) is 11.3 Å². The molecule has 170 valence electrons. The molecule has 10 heteroatoms. The highest BCUT2D eigenvalue weighted by atomic mass is 35.5. The Bertz CT molecular complexity index is 1290. The van der Waals surface area contributed by atoms with Gasteiger partial charge in [-0.1, -0.05) is 17.7 Å². The molecule has 1 saturated heterocycles. The number of aliphatic hydroxyl groups is 1. The summed E-state index contributed by atoms with van der Waals surface area (Å²) in [5.74, 6) is -4.12. The van der Waals surface area contributed by atoms with Crippen molar-refractivity contribution in [2.45, 2.75) is 6.04 Å². The zero-order valence-corrected chi connectivity index (χ0v) is 18.8. The van der Waals surface area contributed by atoms with Crippen LogP contribution in [0.15, 0.2) is 53.4 Å². The summed E-state index contributed by atoms with van der Waals surface area (Å²) in [7, 11) is 2.75. The number of rotatable bonds is 5. The van der Waals surface area contributed by atoms with Crippen molar-refractivity contribution in [1.82, 2.24) is 0 Å². The van der Waals surface area contributed by atoms with Crippen LogP contribution in [0.5, 0.6) is 11.5 Å². The second-order valence-electron chi connectivity index (χ2n) is 6.97. The molecule has 1 amide bonds. The molecule has 1 aliphatic heterocycles. The van der Waals surface area contributed by atoms with E-state index >= 15 is 0 Å². The number of benzene rings is 2. The largest absolute Gasteiger partial charge is 0.507 e. The molecule has 0 radical (unpaired) electrons. The number of thiophene rings is 1. The molecule has 33 heavy (non-hydrogen) atoms. The highest BCUT2D eigenvalue weighted by molar-refractivity contribution is 7.10. The third kappa shape index (κ3) is 3.83. The summed E-state index contributed by atoms with van der Waals surface area (Å²) in [4.78, 5) is 27.5. The second kappa shape index (κ2) is 8.84. The Morgan fingerprint density at radius 3 is 2.42 bits per heavy atom. The molecule has 1 unspecified atom stereocenters. The minimum Gasteiger partial charge on any atom is -0.507 e. The van der Waals surface area contributed by atoms with Gasteiger partial charge in [0, 0.05) is 17.0 Å². The summed E-state index contributed by atoms with van der Waals surface area (Å²) < 4.78 is 38.6. The first kappa shape index (κ1) is 22.8. The third-order valence-electron chi connectivity index (χ3n) is 5.16. The van der Waals surface area contributed by atoms with Crippen molar-refractivity contribution in [2.75, 3.05) is 19.1 Å². The van der Waals surface area contributed by atoms with Crippen molar-refractivity contribution in [1.29, 1.82) is 0 Å². The Hall–Kier alpha value is -3.43. The maximum atomic E-state index is 14.7. The van der Waals surface area contributed by atoms with Crippen LogP contribution >= 0.6 is 22.9 Å². The minimum atomic E-state index is -1.16. The van der Waals surface area contributed by atoms with E-state index in [1.54, 1.807) is 17.5 Å². The van der Waals surface area contributed by atoms with Crippen LogP contribution in [0.25, 0.3) is 5.76 Å². The average Bonchev–Trinajstić information content (AvgIpc) is 3.41. The number of halogens is 3. The van der Waals surface area contributed by atoms with Crippen molar-refractivity contribution < 1.29 is 33.0 Å². The Morgan fingerprint density at radius 2 is 1.82 bits per heavy atom. The van der Waals surface area contributed by atoms with Crippen LogP contribution in [0.4, 0.5) is 14.5 Å². The topological polar surface area (TPSA) is 76.1 Å². The number of aliphatic hydroxyl groups excluding tert-OH is 1. The van der Waals surface area contributed by atoms with Gasteiger partial charge in [0.25, 0.3) is 11.7 Å². The number of ether oxygens (including phenoxy) is 2. The lowest BCUT2D eigenvalue weighted by molar-refractivity contribution is -0.132. The van der Waals surface area contributed by atoms with Gasteiger partial charge in [0.05, 0.1) is 36.1 Å². The molecule has 0 aliphatic carbocycles. The Kier molecular flexibility index (Phi) is 6.09. The van der Waals surface area contributed by atoms with Crippen LogP contribution in [0.1, 0.15) is 16.5 Å². The molecule has 1 aromatic heterocycles. The fourth-order valence-electron chi connectivity index (χ4n) is 3.66. The summed E-state index contributed by atoms with van der Waals surface area (Å²) in [5, 5.41) is 13.0. The number of methoxy groups -OCH3 is 2. The summed E-state index contributed by atoms with van der Waals surface area (Å²) in [5.41, 5.74) is -0.538. The fourth-order valence-corrected chi connectivity index (χ4v) is 4.73. The Labute approximate surface area is 196 Å². The molecule has 1 aliphatic rings. The quantitative estimate of drug-likeness (QED) is 0.297. The second-order valence-corrected chi connectivity index (χ2v) is 8.35. The Balaban J connectivity index is 1.98. The molecule has 0 bridgehead atoms. The van der Waals surface area contributed by atoms with Crippen LogP contribution in [-0.4, -0.2) is 31.0 Å². The van der Waals surface area contributed by atoms with Crippen molar-refractivity contribution in [2.24, 2.45) is 0 Å². The van der Waals surface area contributed by atoms with Crippen LogP contribution in [0, 0.1) is 11.6 Å². The van der Waals surface area contributed by atoms with Gasteiger partial charge in [-0.2, -0.15) is 0 Å². The molecule has 2 heterocycles. The monoisotopic (exact) mass is 491 g/mol. The number of hydrogen-bond acceptors (Lipinski definition) is 6. The molecule has 1 fully saturated rings. The summed E-state index contributed by atoms with van der Waals surface area (Å²) in [6.07, 6.45) is 0. The van der Waals surface area contributed by atoms with Crippen LogP contribution in [0.2, 0.25) is 5.02 Å². The van der Waals surface area contributed by atoms with E-state index in [0.29, 0.717) is 10.9 Å². The Morgan fingerprint density at radius 1 is 1.09 bits per heavy atom. The van der Waals surface area contributed by atoms with Gasteiger partial charge >= 0.3 is 0 Å². The number of anilines is 1. The molecule has 2 aromatic carbocycles. The first-order chi connectivity index (χ1) is 15.8. The minimum absolute atomic E-state index is 0.0439. The number of ketones is 1. The molecule has 0 spiro atoms. The summed E-state index contributed by atoms with van der Waals surface area (Å²) in [6.45, 7) is 0. The molecule has 0 saturated carbocycles. The van der Waals surface area contributed by atoms with E-state index in [2.05, 4.69) is 0 Å². The molecular formula is C23H16ClF2NO5S. The smallest absolute Gasteiger partial charge is 0.300 e. The average molecular weight is 492 g/mol. The molecule has 6 nitrogen and oxygen atoms in total. The van der Waals surface area contributed by atoms with E-state index in [4.69, 9.17) is 21.1 Å². The van der Waals surface area contributed by atoms with Crippen molar-refractivity contribution in [3.8, 4) is 11.5 Å². The van der Waals surface area contributed by atoms with Gasteiger partial charge in [-0.05, 0) is 29.6 Å². The number of Topliss-reactive ketones (excluding diaryl/α,β-unsaturated/α-hetero) is 1. The number of nitrogens with zero attached hydrogens (tertiary/aromatic N) is 1. The van der Waals surface area contributed by atoms with E-state index in [1.807, 2.05) is 0 Å². The third-order valence-corrected chi connectivity index (χ3v) is 6.38. The lowest BCUT2D eigenvalue weighted by Crippen LogP contribution is -2.30. The van der Waals surface area contributed by atoms with Gasteiger partial charge in [-0.3, -0.25) is 14.5 Å². The van der Waals surface area contributed by atoms with Crippen molar-refractivity contribution in [3.63, 3.8) is 0 Å². The first-order valence-corrected chi connectivity index (χ1v) is 10.8. The summed E-state index contributed by atoms with van der Waals surface area (Å²) >= 11 is 7.41. The van der Waals surface area contributed by atoms with Crippen LogP contribution in [0.3, 0.4) is 0 Å². The lowest BCUT2D eigenvalue weighted by atomic mass is 9.99. The normalized spacial score (nSPS) is 17.5. The number of carbonyl (C=O) groups excluding carboxylic acids is 2. The van der Waals surface area contributed by atoms with E-state index in [9.17, 15) is 23.5 Å². The predicted octanol–water partition coefficient (Wildman–Crippen LogP) is 5.32. The fraction of sp³-hybridized carbons (Fsp3) is 0.130. The molecule has 3 aromatic rings. The number of hydrogen-bond donors (Lipinski definition) is 1. The summed E-state index contributed by atoms with van der Waals surface area (Å²) in [6, 6.07) is 7.60. The standard InChI is InChI=1S/C23H16ClF2NO5S/c1-31-16-10-17(32-2)13(24)9-12(16)21(28)19-20(18-4-3-7-33-18)27(23(30)22(19)29)15-6-5-11(25)8-14(15)26/h3-10,20,28H,1-2H3/b21-19-. The van der Waals surface area contributed by atoms with Gasteiger partial charge in [0.15, 0.2) is 0 Å². The van der Waals surface area contributed by atoms with Gasteiger partial charge < -0.3 is 14.6 Å². The van der Waals surface area contributed by atoms with E-state index in [1.165, 1.54) is 37.7 Å². The maximum absolute atomic E-state index is 14.7.